The molecule has 0 aliphatic carbocycles. The number of hydrogen-bond acceptors (Lipinski definition) is 2. The van der Waals surface area contributed by atoms with Crippen molar-refractivity contribution in [3.05, 3.63) is 29.3 Å². The van der Waals surface area contributed by atoms with Gasteiger partial charge < -0.3 is 10.2 Å². The topological polar surface area (TPSA) is 15.3 Å². The summed E-state index contributed by atoms with van der Waals surface area (Å²) >= 11 is 0. The van der Waals surface area contributed by atoms with Crippen LogP contribution < -0.4 is 10.2 Å². The van der Waals surface area contributed by atoms with Crippen molar-refractivity contribution < 1.29 is 0 Å². The fourth-order valence-electron chi connectivity index (χ4n) is 2.95. The van der Waals surface area contributed by atoms with Gasteiger partial charge in [0, 0.05) is 24.8 Å². The molecule has 2 heteroatoms. The Kier molecular flexibility index (Phi) is 4.28. The summed E-state index contributed by atoms with van der Waals surface area (Å²) in [5, 5.41) is 3.61. The largest absolute Gasteiger partial charge is 0.369 e. The Labute approximate surface area is 111 Å². The summed E-state index contributed by atoms with van der Waals surface area (Å²) in [6.07, 6.45) is 1.11. The number of anilines is 1. The standard InChI is InChI=1S/C16H26N2/c1-5-15-8-6-7-13(3)16(15)18-10-12(2)9-17-14(4)11-18/h6-8,12,14,17H,5,9-11H2,1-4H3. The van der Waals surface area contributed by atoms with E-state index in [1.54, 1.807) is 0 Å². The molecule has 0 radical (unpaired) electrons. The summed E-state index contributed by atoms with van der Waals surface area (Å²) in [5.41, 5.74) is 4.37. The van der Waals surface area contributed by atoms with E-state index < -0.39 is 0 Å². The van der Waals surface area contributed by atoms with Gasteiger partial charge in [-0.3, -0.25) is 0 Å². The maximum Gasteiger partial charge on any atom is 0.0429 e. The molecule has 18 heavy (non-hydrogen) atoms. The molecular formula is C16H26N2. The van der Waals surface area contributed by atoms with E-state index in [0.29, 0.717) is 12.0 Å². The molecule has 1 aliphatic rings. The van der Waals surface area contributed by atoms with Crippen LogP contribution in [-0.2, 0) is 6.42 Å². The molecule has 1 aliphatic heterocycles. The van der Waals surface area contributed by atoms with Gasteiger partial charge >= 0.3 is 0 Å². The zero-order chi connectivity index (χ0) is 13.1. The SMILES string of the molecule is CCc1cccc(C)c1N1CC(C)CNC(C)C1. The van der Waals surface area contributed by atoms with E-state index in [0.717, 1.165) is 26.1 Å². The summed E-state index contributed by atoms with van der Waals surface area (Å²) in [5.74, 6) is 0.708. The fraction of sp³-hybridized carbons (Fsp3) is 0.625. The van der Waals surface area contributed by atoms with Crippen molar-refractivity contribution >= 4 is 5.69 Å². The van der Waals surface area contributed by atoms with Gasteiger partial charge in [-0.1, -0.05) is 32.0 Å². The molecule has 1 fully saturated rings. The first-order valence-electron chi connectivity index (χ1n) is 7.18. The highest BCUT2D eigenvalue weighted by molar-refractivity contribution is 5.59. The van der Waals surface area contributed by atoms with Crippen LogP contribution in [0.2, 0.25) is 0 Å². The van der Waals surface area contributed by atoms with Crippen molar-refractivity contribution in [3.63, 3.8) is 0 Å². The second-order valence-corrected chi connectivity index (χ2v) is 5.76. The molecular weight excluding hydrogens is 220 g/mol. The second kappa shape index (κ2) is 5.75. The van der Waals surface area contributed by atoms with Crippen molar-refractivity contribution in [2.45, 2.75) is 40.2 Å². The average molecular weight is 246 g/mol. The number of para-hydroxylation sites is 1. The lowest BCUT2D eigenvalue weighted by Crippen LogP contribution is -2.36. The Morgan fingerprint density at radius 2 is 2.06 bits per heavy atom. The Bertz CT molecular complexity index is 388. The molecule has 1 aromatic rings. The molecule has 0 aromatic heterocycles. The summed E-state index contributed by atoms with van der Waals surface area (Å²) in [4.78, 5) is 2.59. The molecule has 1 aromatic carbocycles. The molecule has 1 heterocycles. The normalized spacial score (nSPS) is 25.0. The smallest absolute Gasteiger partial charge is 0.0429 e. The number of hydrogen-bond donors (Lipinski definition) is 1. The summed E-state index contributed by atoms with van der Waals surface area (Å²) in [6, 6.07) is 7.26. The van der Waals surface area contributed by atoms with Crippen LogP contribution in [0, 0.1) is 12.8 Å². The lowest BCUT2D eigenvalue weighted by Gasteiger charge is -2.30. The van der Waals surface area contributed by atoms with Crippen LogP contribution in [0.3, 0.4) is 0 Å². The van der Waals surface area contributed by atoms with Gasteiger partial charge in [0.25, 0.3) is 0 Å². The first-order chi connectivity index (χ1) is 8.61. The van der Waals surface area contributed by atoms with Crippen LogP contribution in [0.25, 0.3) is 0 Å². The lowest BCUT2D eigenvalue weighted by molar-refractivity contribution is 0.525. The molecule has 100 valence electrons. The second-order valence-electron chi connectivity index (χ2n) is 5.76. The Hall–Kier alpha value is -1.02. The maximum absolute atomic E-state index is 3.61. The molecule has 0 spiro atoms. The number of rotatable bonds is 2. The third-order valence-electron chi connectivity index (χ3n) is 3.86. The van der Waals surface area contributed by atoms with E-state index in [1.807, 2.05) is 0 Å². The van der Waals surface area contributed by atoms with Crippen LogP contribution in [0.5, 0.6) is 0 Å². The summed E-state index contributed by atoms with van der Waals surface area (Å²) in [6.45, 7) is 12.5. The highest BCUT2D eigenvalue weighted by atomic mass is 15.2. The molecule has 0 saturated carbocycles. The van der Waals surface area contributed by atoms with Gasteiger partial charge in [-0.2, -0.15) is 0 Å². The zero-order valence-corrected chi connectivity index (χ0v) is 12.2. The molecule has 2 nitrogen and oxygen atoms in total. The van der Waals surface area contributed by atoms with Gasteiger partial charge in [-0.15, -0.1) is 0 Å². The zero-order valence-electron chi connectivity index (χ0n) is 12.2. The molecule has 2 unspecified atom stereocenters. The van der Waals surface area contributed by atoms with Gasteiger partial charge in [0.1, 0.15) is 0 Å². The van der Waals surface area contributed by atoms with Crippen molar-refractivity contribution in [3.8, 4) is 0 Å². The Morgan fingerprint density at radius 3 is 2.78 bits per heavy atom. The predicted molar refractivity (Wildman–Crippen MR) is 79.4 cm³/mol. The number of nitrogens with one attached hydrogen (secondary N) is 1. The molecule has 0 amide bonds. The van der Waals surface area contributed by atoms with Crippen LogP contribution in [0.15, 0.2) is 18.2 Å². The minimum absolute atomic E-state index is 0.569. The van der Waals surface area contributed by atoms with Crippen molar-refractivity contribution in [2.24, 2.45) is 5.92 Å². The number of nitrogens with zero attached hydrogens (tertiary/aromatic N) is 1. The summed E-state index contributed by atoms with van der Waals surface area (Å²) in [7, 11) is 0. The molecule has 2 rings (SSSR count). The Balaban J connectivity index is 2.33. The highest BCUT2D eigenvalue weighted by Crippen LogP contribution is 2.27. The first-order valence-corrected chi connectivity index (χ1v) is 7.18. The molecule has 1 saturated heterocycles. The van der Waals surface area contributed by atoms with Gasteiger partial charge in [0.05, 0.1) is 0 Å². The lowest BCUT2D eigenvalue weighted by atomic mass is 10.0. The van der Waals surface area contributed by atoms with Gasteiger partial charge in [0.2, 0.25) is 0 Å². The third kappa shape index (κ3) is 2.86. The van der Waals surface area contributed by atoms with E-state index in [2.05, 4.69) is 56.1 Å². The molecule has 1 N–H and O–H groups in total. The van der Waals surface area contributed by atoms with E-state index in [-0.39, 0.29) is 0 Å². The fourth-order valence-corrected chi connectivity index (χ4v) is 2.95. The van der Waals surface area contributed by atoms with Crippen LogP contribution in [0.1, 0.15) is 31.9 Å². The van der Waals surface area contributed by atoms with Crippen molar-refractivity contribution in [2.75, 3.05) is 24.5 Å². The van der Waals surface area contributed by atoms with Gasteiger partial charge in [0.15, 0.2) is 0 Å². The number of aryl methyl sites for hydroxylation is 2. The molecule has 0 bridgehead atoms. The van der Waals surface area contributed by atoms with Crippen LogP contribution in [-0.4, -0.2) is 25.7 Å². The summed E-state index contributed by atoms with van der Waals surface area (Å²) < 4.78 is 0. The quantitative estimate of drug-likeness (QED) is 0.863. The number of benzene rings is 1. The van der Waals surface area contributed by atoms with Crippen molar-refractivity contribution in [1.82, 2.24) is 5.32 Å². The first kappa shape index (κ1) is 13.4. The monoisotopic (exact) mass is 246 g/mol. The van der Waals surface area contributed by atoms with Gasteiger partial charge in [-0.05, 0) is 43.9 Å². The van der Waals surface area contributed by atoms with Crippen LogP contribution in [0.4, 0.5) is 5.69 Å². The minimum Gasteiger partial charge on any atom is -0.369 e. The third-order valence-corrected chi connectivity index (χ3v) is 3.86. The van der Waals surface area contributed by atoms with E-state index >= 15 is 0 Å². The van der Waals surface area contributed by atoms with E-state index in [9.17, 15) is 0 Å². The van der Waals surface area contributed by atoms with Crippen LogP contribution >= 0.6 is 0 Å². The van der Waals surface area contributed by atoms with E-state index in [4.69, 9.17) is 0 Å². The predicted octanol–water partition coefficient (Wildman–Crippen LogP) is 2.99. The highest BCUT2D eigenvalue weighted by Gasteiger charge is 2.21. The Morgan fingerprint density at radius 1 is 1.28 bits per heavy atom. The maximum atomic E-state index is 3.61. The minimum atomic E-state index is 0.569. The molecule has 2 atom stereocenters. The average Bonchev–Trinajstić information content (AvgIpc) is 2.50. The van der Waals surface area contributed by atoms with E-state index in [1.165, 1.54) is 16.8 Å². The van der Waals surface area contributed by atoms with Gasteiger partial charge in [-0.25, -0.2) is 0 Å². The van der Waals surface area contributed by atoms with Crippen molar-refractivity contribution in [1.29, 1.82) is 0 Å².